The van der Waals surface area contributed by atoms with E-state index in [0.717, 1.165) is 29.9 Å². The number of nitrogens with two attached hydrogens (primary N) is 1. The number of nitrogens with one attached hydrogen (secondary N) is 1. The van der Waals surface area contributed by atoms with Crippen molar-refractivity contribution >= 4 is 22.7 Å². The summed E-state index contributed by atoms with van der Waals surface area (Å²) in [6, 6.07) is 7.96. The second-order valence-corrected chi connectivity index (χ2v) is 4.97. The molecule has 0 radical (unpaired) electrons. The van der Waals surface area contributed by atoms with Gasteiger partial charge in [-0.2, -0.15) is 9.97 Å². The van der Waals surface area contributed by atoms with Crippen molar-refractivity contribution in [3.63, 3.8) is 0 Å². The molecule has 1 aromatic heterocycles. The third kappa shape index (κ3) is 2.96. The number of nitrogens with zero attached hydrogens (tertiary/aromatic N) is 2. The van der Waals surface area contributed by atoms with E-state index in [9.17, 15) is 0 Å². The third-order valence-electron chi connectivity index (χ3n) is 3.66. The lowest BCUT2D eigenvalue weighted by atomic mass is 10.2. The highest BCUT2D eigenvalue weighted by atomic mass is 35.5. The maximum atomic E-state index is 6.04. The Kier molecular flexibility index (Phi) is 4.56. The van der Waals surface area contributed by atoms with E-state index in [1.165, 1.54) is 30.6 Å². The van der Waals surface area contributed by atoms with E-state index in [1.54, 1.807) is 0 Å². The summed E-state index contributed by atoms with van der Waals surface area (Å²) in [5.41, 5.74) is 6.99. The Bertz CT molecular complexity index is 550. The van der Waals surface area contributed by atoms with Crippen LogP contribution in [0.25, 0.3) is 10.9 Å². The van der Waals surface area contributed by atoms with Crippen LogP contribution in [-0.2, 0) is 0 Å². The molecule has 0 saturated carbocycles. The molecule has 4 nitrogen and oxygen atoms in total. The standard InChI is InChI=1S/C14H18N4.ClH/c15-13-11-7-3-4-8-12(11)16-14(17-13)18-9-5-1-2-6-10-18;/h3-4,7-8H,1-2,5-6,9-10H2,(H2,15,16,17);1H. The van der Waals surface area contributed by atoms with Gasteiger partial charge in [0.1, 0.15) is 5.82 Å². The predicted molar refractivity (Wildman–Crippen MR) is 72.8 cm³/mol. The van der Waals surface area contributed by atoms with Gasteiger partial charge in [-0.05, 0) is 37.8 Å². The summed E-state index contributed by atoms with van der Waals surface area (Å²) in [4.78, 5) is 10.5. The molecule has 1 aromatic carbocycles. The summed E-state index contributed by atoms with van der Waals surface area (Å²) in [6.45, 7) is 2.25. The summed E-state index contributed by atoms with van der Waals surface area (Å²) in [7, 11) is 0. The summed E-state index contributed by atoms with van der Waals surface area (Å²) in [5.74, 6) is 1.47. The predicted octanol–water partition coefficient (Wildman–Crippen LogP) is -1.69. The highest BCUT2D eigenvalue weighted by molar-refractivity contribution is 5.88. The number of rotatable bonds is 1. The second kappa shape index (κ2) is 6.17. The van der Waals surface area contributed by atoms with Gasteiger partial charge >= 0.3 is 5.95 Å². The topological polar surface area (TPSA) is 56.2 Å². The van der Waals surface area contributed by atoms with E-state index in [0.29, 0.717) is 5.82 Å². The van der Waals surface area contributed by atoms with Crippen LogP contribution in [-0.4, -0.2) is 23.1 Å². The van der Waals surface area contributed by atoms with E-state index in [1.807, 2.05) is 24.3 Å². The van der Waals surface area contributed by atoms with E-state index >= 15 is 0 Å². The third-order valence-corrected chi connectivity index (χ3v) is 3.66. The van der Waals surface area contributed by atoms with Crippen LogP contribution in [0.4, 0.5) is 11.8 Å². The lowest BCUT2D eigenvalue weighted by Gasteiger charge is -2.14. The molecule has 3 rings (SSSR count). The summed E-state index contributed by atoms with van der Waals surface area (Å²) in [5, 5.41) is 0.954. The van der Waals surface area contributed by atoms with E-state index in [4.69, 9.17) is 5.73 Å². The van der Waals surface area contributed by atoms with Gasteiger partial charge in [-0.25, -0.2) is 0 Å². The number of hydrogen-bond acceptors (Lipinski definition) is 3. The second-order valence-electron chi connectivity index (χ2n) is 4.97. The largest absolute Gasteiger partial charge is 1.00 e. The van der Waals surface area contributed by atoms with Crippen molar-refractivity contribution < 1.29 is 17.3 Å². The molecule has 2 aromatic rings. The number of quaternary nitrogens is 1. The smallest absolute Gasteiger partial charge is 0.329 e. The van der Waals surface area contributed by atoms with Crippen LogP contribution in [0.1, 0.15) is 25.7 Å². The monoisotopic (exact) mass is 278 g/mol. The summed E-state index contributed by atoms with van der Waals surface area (Å²) in [6.07, 6.45) is 5.16. The Morgan fingerprint density at radius 3 is 2.37 bits per heavy atom. The minimum Gasteiger partial charge on any atom is -1.00 e. The Morgan fingerprint density at radius 1 is 0.947 bits per heavy atom. The van der Waals surface area contributed by atoms with Crippen molar-refractivity contribution in [2.75, 3.05) is 18.8 Å². The number of nitrogen functional groups attached to an aromatic ring is 1. The molecule has 1 aliphatic heterocycles. The Hall–Kier alpha value is -1.39. The molecule has 0 aliphatic carbocycles. The molecule has 0 spiro atoms. The number of anilines is 1. The van der Waals surface area contributed by atoms with Crippen molar-refractivity contribution in [3.05, 3.63) is 24.3 Å². The zero-order valence-corrected chi connectivity index (χ0v) is 11.7. The van der Waals surface area contributed by atoms with Crippen LogP contribution in [0.3, 0.4) is 0 Å². The molecular weight excluding hydrogens is 260 g/mol. The Morgan fingerprint density at radius 2 is 1.63 bits per heavy atom. The van der Waals surface area contributed by atoms with Crippen LogP contribution in [0.15, 0.2) is 24.3 Å². The van der Waals surface area contributed by atoms with Gasteiger partial charge < -0.3 is 18.1 Å². The minimum absolute atomic E-state index is 0. The van der Waals surface area contributed by atoms with Gasteiger partial charge in [0.15, 0.2) is 0 Å². The van der Waals surface area contributed by atoms with Crippen LogP contribution >= 0.6 is 0 Å². The first-order valence-corrected chi connectivity index (χ1v) is 6.72. The molecule has 1 fully saturated rings. The highest BCUT2D eigenvalue weighted by Gasteiger charge is 2.19. The molecule has 1 aliphatic rings. The molecule has 19 heavy (non-hydrogen) atoms. The maximum absolute atomic E-state index is 6.04. The molecule has 2 heterocycles. The molecule has 3 N–H and O–H groups in total. The first-order chi connectivity index (χ1) is 8.84. The number of fused-ring (bicyclic) bond motifs is 1. The van der Waals surface area contributed by atoms with Crippen molar-refractivity contribution in [2.45, 2.75) is 25.7 Å². The highest BCUT2D eigenvalue weighted by Crippen LogP contribution is 2.17. The molecule has 0 amide bonds. The number of benzene rings is 1. The van der Waals surface area contributed by atoms with Crippen molar-refractivity contribution in [2.24, 2.45) is 0 Å². The fourth-order valence-electron chi connectivity index (χ4n) is 2.64. The Labute approximate surface area is 119 Å². The molecule has 0 unspecified atom stereocenters. The minimum atomic E-state index is 0. The average Bonchev–Trinajstić information content (AvgIpc) is 2.67. The zero-order chi connectivity index (χ0) is 12.4. The fraction of sp³-hybridized carbons (Fsp3) is 0.429. The number of para-hydroxylation sites is 1. The lowest BCUT2D eigenvalue weighted by molar-refractivity contribution is -0.836. The molecular formula is C14H19ClN4. The van der Waals surface area contributed by atoms with Gasteiger partial charge in [-0.3, -0.25) is 4.90 Å². The SMILES string of the molecule is Nc1nc([NH+]2CCCCCC2)nc2ccccc12.[Cl-]. The molecule has 0 atom stereocenters. The Balaban J connectivity index is 0.00000133. The van der Waals surface area contributed by atoms with Crippen molar-refractivity contribution in [3.8, 4) is 0 Å². The average molecular weight is 279 g/mol. The molecule has 1 saturated heterocycles. The van der Waals surface area contributed by atoms with Gasteiger partial charge in [0.2, 0.25) is 0 Å². The van der Waals surface area contributed by atoms with Crippen molar-refractivity contribution in [1.29, 1.82) is 0 Å². The lowest BCUT2D eigenvalue weighted by Crippen LogP contribution is -3.07. The van der Waals surface area contributed by atoms with Gasteiger partial charge in [-0.15, -0.1) is 0 Å². The fourth-order valence-corrected chi connectivity index (χ4v) is 2.64. The van der Waals surface area contributed by atoms with E-state index in [-0.39, 0.29) is 12.4 Å². The zero-order valence-electron chi connectivity index (χ0n) is 10.9. The quantitative estimate of drug-likeness (QED) is 0.654. The van der Waals surface area contributed by atoms with Crippen LogP contribution in [0.2, 0.25) is 0 Å². The maximum Gasteiger partial charge on any atom is 0.329 e. The van der Waals surface area contributed by atoms with Crippen molar-refractivity contribution in [1.82, 2.24) is 9.97 Å². The normalized spacial score (nSPS) is 16.8. The van der Waals surface area contributed by atoms with Gasteiger partial charge in [0.05, 0.1) is 18.6 Å². The first kappa shape index (κ1) is 14.0. The van der Waals surface area contributed by atoms with E-state index in [2.05, 4.69) is 9.97 Å². The summed E-state index contributed by atoms with van der Waals surface area (Å²) < 4.78 is 0. The van der Waals surface area contributed by atoms with Crippen LogP contribution < -0.4 is 23.0 Å². The number of aromatic nitrogens is 2. The molecule has 5 heteroatoms. The van der Waals surface area contributed by atoms with E-state index < -0.39 is 0 Å². The van der Waals surface area contributed by atoms with Crippen LogP contribution in [0, 0.1) is 0 Å². The van der Waals surface area contributed by atoms with Crippen LogP contribution in [0.5, 0.6) is 0 Å². The molecule has 102 valence electrons. The van der Waals surface area contributed by atoms with Gasteiger partial charge in [0, 0.05) is 5.39 Å². The first-order valence-electron chi connectivity index (χ1n) is 6.72. The van der Waals surface area contributed by atoms with Gasteiger partial charge in [-0.1, -0.05) is 12.1 Å². The molecule has 0 bridgehead atoms. The summed E-state index contributed by atoms with van der Waals surface area (Å²) >= 11 is 0. The number of halogens is 1. The number of hydrogen-bond donors (Lipinski definition) is 2. The van der Waals surface area contributed by atoms with Gasteiger partial charge in [0.25, 0.3) is 0 Å².